The van der Waals surface area contributed by atoms with Crippen LogP contribution in [0.1, 0.15) is 6.92 Å². The average Bonchev–Trinajstić information content (AvgIpc) is 2.41. The van der Waals surface area contributed by atoms with Crippen LogP contribution >= 0.6 is 11.8 Å². The van der Waals surface area contributed by atoms with Crippen LogP contribution in [0, 0.1) is 0 Å². The maximum Gasteiger partial charge on any atom is 0.173 e. The van der Waals surface area contributed by atoms with Crippen molar-refractivity contribution in [1.82, 2.24) is 0 Å². The third kappa shape index (κ3) is 2.63. The lowest BCUT2D eigenvalue weighted by Gasteiger charge is -2.09. The lowest BCUT2D eigenvalue weighted by atomic mass is 10.3. The molecule has 2 nitrogen and oxygen atoms in total. The molecule has 1 unspecified atom stereocenters. The van der Waals surface area contributed by atoms with Gasteiger partial charge in [0.15, 0.2) is 9.84 Å². The Morgan fingerprint density at radius 3 is 2.47 bits per heavy atom. The normalized spacial score (nSPS) is 23.8. The van der Waals surface area contributed by atoms with Gasteiger partial charge in [-0.2, -0.15) is 0 Å². The zero-order valence-electron chi connectivity index (χ0n) is 8.38. The monoisotopic (exact) mass is 240 g/mol. The fraction of sp³-hybridized carbons (Fsp3) is 0.273. The van der Waals surface area contributed by atoms with Crippen molar-refractivity contribution < 1.29 is 8.42 Å². The van der Waals surface area contributed by atoms with Gasteiger partial charge in [-0.15, -0.1) is 11.8 Å². The minimum absolute atomic E-state index is 0.0809. The molecule has 1 aromatic carbocycles. The first-order valence-electron chi connectivity index (χ1n) is 4.69. The van der Waals surface area contributed by atoms with E-state index < -0.39 is 9.84 Å². The molecule has 1 atom stereocenters. The fourth-order valence-corrected chi connectivity index (χ4v) is 4.88. The highest BCUT2D eigenvalue weighted by Gasteiger charge is 2.27. The zero-order chi connectivity index (χ0) is 10.9. The molecule has 0 fully saturated rings. The van der Waals surface area contributed by atoms with E-state index in [1.54, 1.807) is 11.8 Å². The summed E-state index contributed by atoms with van der Waals surface area (Å²) in [5.41, 5.74) is 0.948. The van der Waals surface area contributed by atoms with Crippen LogP contribution in [0.4, 0.5) is 0 Å². The van der Waals surface area contributed by atoms with Gasteiger partial charge in [-0.1, -0.05) is 18.2 Å². The van der Waals surface area contributed by atoms with Crippen molar-refractivity contribution in [3.8, 4) is 0 Å². The molecule has 0 saturated heterocycles. The van der Waals surface area contributed by atoms with Gasteiger partial charge in [-0.3, -0.25) is 0 Å². The molecule has 0 radical (unpaired) electrons. The summed E-state index contributed by atoms with van der Waals surface area (Å²) in [6, 6.07) is 9.89. The second-order valence-electron chi connectivity index (χ2n) is 3.61. The summed E-state index contributed by atoms with van der Waals surface area (Å²) in [4.78, 5) is 1.12. The van der Waals surface area contributed by atoms with Gasteiger partial charge in [0.25, 0.3) is 0 Å². The number of thioether (sulfide) groups is 1. The highest BCUT2D eigenvalue weighted by Crippen LogP contribution is 2.33. The summed E-state index contributed by atoms with van der Waals surface area (Å²) in [5, 5.41) is 1.48. The van der Waals surface area contributed by atoms with Crippen LogP contribution in [0.3, 0.4) is 0 Å². The van der Waals surface area contributed by atoms with E-state index in [1.165, 1.54) is 5.41 Å². The molecule has 1 aromatic rings. The van der Waals surface area contributed by atoms with E-state index in [9.17, 15) is 8.42 Å². The van der Waals surface area contributed by atoms with Crippen LogP contribution in [0.15, 0.2) is 46.2 Å². The molecule has 0 N–H and O–H groups in total. The predicted molar refractivity (Wildman–Crippen MR) is 63.6 cm³/mol. The second-order valence-corrected chi connectivity index (χ2v) is 6.78. The van der Waals surface area contributed by atoms with Crippen molar-refractivity contribution in [2.45, 2.75) is 17.1 Å². The molecular formula is C11H12O2S2. The number of benzene rings is 1. The maximum atomic E-state index is 11.4. The van der Waals surface area contributed by atoms with Crippen LogP contribution in [0.2, 0.25) is 0 Å². The summed E-state index contributed by atoms with van der Waals surface area (Å²) < 4.78 is 22.7. The van der Waals surface area contributed by atoms with Crippen LogP contribution in [-0.2, 0) is 9.84 Å². The first kappa shape index (κ1) is 10.8. The third-order valence-corrected chi connectivity index (χ3v) is 5.39. The van der Waals surface area contributed by atoms with Gasteiger partial charge in [0.1, 0.15) is 0 Å². The van der Waals surface area contributed by atoms with Crippen LogP contribution < -0.4 is 0 Å². The molecule has 1 heterocycles. The molecule has 0 saturated carbocycles. The van der Waals surface area contributed by atoms with E-state index in [1.807, 2.05) is 37.3 Å². The van der Waals surface area contributed by atoms with Gasteiger partial charge in [0.05, 0.1) is 5.75 Å². The van der Waals surface area contributed by atoms with Crippen LogP contribution in [-0.4, -0.2) is 19.4 Å². The molecule has 0 amide bonds. The summed E-state index contributed by atoms with van der Waals surface area (Å²) in [6.45, 7) is 1.88. The van der Waals surface area contributed by atoms with Gasteiger partial charge in [-0.25, -0.2) is 8.42 Å². The van der Waals surface area contributed by atoms with Gasteiger partial charge >= 0.3 is 0 Å². The molecule has 1 aliphatic heterocycles. The van der Waals surface area contributed by atoms with Crippen LogP contribution in [0.25, 0.3) is 0 Å². The standard InChI is InChI=1S/C11H12O2S2/c1-9-7-15(12,13)8-11(9)14-10-5-3-2-4-6-10/h2-7,11H,8H2,1H3. The summed E-state index contributed by atoms with van der Waals surface area (Å²) >= 11 is 1.61. The van der Waals surface area contributed by atoms with E-state index in [-0.39, 0.29) is 11.0 Å². The van der Waals surface area contributed by atoms with Crippen molar-refractivity contribution in [2.75, 3.05) is 5.75 Å². The van der Waals surface area contributed by atoms with E-state index in [4.69, 9.17) is 0 Å². The van der Waals surface area contributed by atoms with Crippen LogP contribution in [0.5, 0.6) is 0 Å². The van der Waals surface area contributed by atoms with Crippen molar-refractivity contribution in [3.63, 3.8) is 0 Å². The Hall–Kier alpha value is -0.740. The van der Waals surface area contributed by atoms with Gasteiger partial charge < -0.3 is 0 Å². The molecule has 4 heteroatoms. The highest BCUT2D eigenvalue weighted by molar-refractivity contribution is 8.02. The fourth-order valence-electron chi connectivity index (χ4n) is 1.54. The van der Waals surface area contributed by atoms with Gasteiger partial charge in [-0.05, 0) is 24.6 Å². The Bertz CT molecular complexity index is 475. The minimum atomic E-state index is -2.95. The molecule has 80 valence electrons. The summed E-state index contributed by atoms with van der Waals surface area (Å²) in [5.74, 6) is 0.235. The van der Waals surface area contributed by atoms with Crippen molar-refractivity contribution in [1.29, 1.82) is 0 Å². The lowest BCUT2D eigenvalue weighted by molar-refractivity contribution is 0.606. The number of hydrogen-bond acceptors (Lipinski definition) is 3. The van der Waals surface area contributed by atoms with Crippen molar-refractivity contribution in [3.05, 3.63) is 41.3 Å². The summed E-state index contributed by atoms with van der Waals surface area (Å²) in [6.07, 6.45) is 0. The number of hydrogen-bond donors (Lipinski definition) is 0. The third-order valence-electron chi connectivity index (χ3n) is 2.28. The molecule has 2 rings (SSSR count). The van der Waals surface area contributed by atoms with E-state index in [0.717, 1.165) is 10.5 Å². The Morgan fingerprint density at radius 1 is 1.27 bits per heavy atom. The quantitative estimate of drug-likeness (QED) is 0.796. The zero-order valence-corrected chi connectivity index (χ0v) is 10.0. The Morgan fingerprint density at radius 2 is 1.93 bits per heavy atom. The highest BCUT2D eigenvalue weighted by atomic mass is 32.2. The Balaban J connectivity index is 2.14. The predicted octanol–water partition coefficient (Wildman–Crippen LogP) is 2.48. The van der Waals surface area contributed by atoms with E-state index >= 15 is 0 Å². The molecule has 0 spiro atoms. The Kier molecular flexibility index (Phi) is 2.89. The maximum absolute atomic E-state index is 11.4. The second kappa shape index (κ2) is 4.02. The minimum Gasteiger partial charge on any atom is -0.224 e. The van der Waals surface area contributed by atoms with Crippen molar-refractivity contribution >= 4 is 21.6 Å². The van der Waals surface area contributed by atoms with Gasteiger partial charge in [0, 0.05) is 15.6 Å². The molecule has 15 heavy (non-hydrogen) atoms. The topological polar surface area (TPSA) is 34.1 Å². The molecule has 0 bridgehead atoms. The molecule has 1 aliphatic rings. The Labute approximate surface area is 94.3 Å². The van der Waals surface area contributed by atoms with Crippen molar-refractivity contribution in [2.24, 2.45) is 0 Å². The van der Waals surface area contributed by atoms with Gasteiger partial charge in [0.2, 0.25) is 0 Å². The lowest BCUT2D eigenvalue weighted by Crippen LogP contribution is -2.08. The van der Waals surface area contributed by atoms with E-state index in [0.29, 0.717) is 0 Å². The molecular weight excluding hydrogens is 228 g/mol. The summed E-state index contributed by atoms with van der Waals surface area (Å²) in [7, 11) is -2.95. The largest absolute Gasteiger partial charge is 0.224 e. The number of rotatable bonds is 2. The SMILES string of the molecule is CC1=CS(=O)(=O)CC1Sc1ccccc1. The average molecular weight is 240 g/mol. The molecule has 0 aromatic heterocycles. The van der Waals surface area contributed by atoms with E-state index in [2.05, 4.69) is 0 Å². The first-order chi connectivity index (χ1) is 7.07. The first-order valence-corrected chi connectivity index (χ1v) is 7.29. The smallest absolute Gasteiger partial charge is 0.173 e. The molecule has 0 aliphatic carbocycles. The number of sulfone groups is 1.